The first-order valence-corrected chi connectivity index (χ1v) is 7.85. The summed E-state index contributed by atoms with van der Waals surface area (Å²) >= 11 is 1.66. The van der Waals surface area contributed by atoms with Crippen LogP contribution in [0.15, 0.2) is 47.8 Å². The molecule has 22 heavy (non-hydrogen) atoms. The molecule has 0 bridgehead atoms. The van der Waals surface area contributed by atoms with E-state index in [-0.39, 0.29) is 6.79 Å². The lowest BCUT2D eigenvalue weighted by Crippen LogP contribution is -1.92. The Bertz CT molecular complexity index is 812. The minimum Gasteiger partial charge on any atom is -0.454 e. The third-order valence-corrected chi connectivity index (χ3v) is 4.40. The molecule has 1 aromatic heterocycles. The van der Waals surface area contributed by atoms with Gasteiger partial charge in [0.05, 0.1) is 10.7 Å². The van der Waals surface area contributed by atoms with Crippen LogP contribution < -0.4 is 15.2 Å². The van der Waals surface area contributed by atoms with Gasteiger partial charge in [-0.2, -0.15) is 0 Å². The maximum Gasteiger partial charge on any atom is 0.231 e. The normalized spacial score (nSPS) is 12.5. The largest absolute Gasteiger partial charge is 0.454 e. The van der Waals surface area contributed by atoms with Crippen molar-refractivity contribution in [1.82, 2.24) is 4.98 Å². The fraction of sp³-hybridized carbons (Fsp3) is 0.118. The number of thiazole rings is 1. The SMILES string of the molecule is Nc1ccc(Cc2nc(-c3ccc4c(c3)OCO4)cs2)cc1. The van der Waals surface area contributed by atoms with Crippen LogP contribution in [-0.4, -0.2) is 11.8 Å². The van der Waals surface area contributed by atoms with E-state index in [0.29, 0.717) is 0 Å². The molecule has 4 rings (SSSR count). The first-order chi connectivity index (χ1) is 10.8. The predicted octanol–water partition coefficient (Wildman–Crippen LogP) is 3.71. The Labute approximate surface area is 132 Å². The number of fused-ring (bicyclic) bond motifs is 1. The molecule has 1 aliphatic rings. The van der Waals surface area contributed by atoms with Crippen molar-refractivity contribution in [2.45, 2.75) is 6.42 Å². The van der Waals surface area contributed by atoms with Crippen LogP contribution in [-0.2, 0) is 6.42 Å². The molecular formula is C17H14N2O2S. The van der Waals surface area contributed by atoms with Crippen LogP contribution in [0.3, 0.4) is 0 Å². The maximum atomic E-state index is 5.71. The predicted molar refractivity (Wildman–Crippen MR) is 87.3 cm³/mol. The zero-order chi connectivity index (χ0) is 14.9. The third-order valence-electron chi connectivity index (χ3n) is 3.56. The Morgan fingerprint density at radius 1 is 1.05 bits per heavy atom. The van der Waals surface area contributed by atoms with Crippen molar-refractivity contribution >= 4 is 17.0 Å². The average molecular weight is 310 g/mol. The second kappa shape index (κ2) is 5.35. The number of anilines is 1. The highest BCUT2D eigenvalue weighted by atomic mass is 32.1. The zero-order valence-electron chi connectivity index (χ0n) is 11.8. The van der Waals surface area contributed by atoms with Gasteiger partial charge in [0.15, 0.2) is 11.5 Å². The van der Waals surface area contributed by atoms with Crippen LogP contribution in [0, 0.1) is 0 Å². The van der Waals surface area contributed by atoms with E-state index in [1.807, 2.05) is 42.5 Å². The Kier molecular flexibility index (Phi) is 3.20. The molecule has 0 saturated heterocycles. The number of benzene rings is 2. The summed E-state index contributed by atoms with van der Waals surface area (Å²) in [5.41, 5.74) is 9.71. The van der Waals surface area contributed by atoms with Gasteiger partial charge in [0, 0.05) is 23.1 Å². The highest BCUT2D eigenvalue weighted by Crippen LogP contribution is 2.36. The molecule has 5 heteroatoms. The molecule has 3 aromatic rings. The molecule has 0 unspecified atom stereocenters. The summed E-state index contributed by atoms with van der Waals surface area (Å²) in [5.74, 6) is 1.58. The lowest BCUT2D eigenvalue weighted by molar-refractivity contribution is 0.174. The van der Waals surface area contributed by atoms with Crippen LogP contribution >= 0.6 is 11.3 Å². The quantitative estimate of drug-likeness (QED) is 0.749. The molecular weight excluding hydrogens is 296 g/mol. The molecule has 0 fully saturated rings. The number of nitrogens with two attached hydrogens (primary N) is 1. The standard InChI is InChI=1S/C17H14N2O2S/c18-13-4-1-11(2-5-13)7-17-19-14(9-22-17)12-3-6-15-16(8-12)21-10-20-15/h1-6,8-9H,7,10,18H2. The van der Waals surface area contributed by atoms with Crippen LogP contribution in [0.1, 0.15) is 10.6 Å². The number of aromatic nitrogens is 1. The summed E-state index contributed by atoms with van der Waals surface area (Å²) in [7, 11) is 0. The van der Waals surface area contributed by atoms with Crippen LogP contribution in [0.5, 0.6) is 11.5 Å². The summed E-state index contributed by atoms with van der Waals surface area (Å²) in [6.07, 6.45) is 0.815. The maximum absolute atomic E-state index is 5.71. The molecule has 0 atom stereocenters. The summed E-state index contributed by atoms with van der Waals surface area (Å²) in [6, 6.07) is 13.8. The van der Waals surface area contributed by atoms with E-state index in [9.17, 15) is 0 Å². The van der Waals surface area contributed by atoms with Crippen molar-refractivity contribution in [3.63, 3.8) is 0 Å². The van der Waals surface area contributed by atoms with E-state index in [1.54, 1.807) is 11.3 Å². The minimum absolute atomic E-state index is 0.290. The fourth-order valence-corrected chi connectivity index (χ4v) is 3.23. The number of rotatable bonds is 3. The minimum atomic E-state index is 0.290. The zero-order valence-corrected chi connectivity index (χ0v) is 12.6. The topological polar surface area (TPSA) is 57.4 Å². The molecule has 1 aliphatic heterocycles. The van der Waals surface area contributed by atoms with Crippen LogP contribution in [0.25, 0.3) is 11.3 Å². The van der Waals surface area contributed by atoms with E-state index < -0.39 is 0 Å². The molecule has 2 heterocycles. The second-order valence-electron chi connectivity index (χ2n) is 5.11. The summed E-state index contributed by atoms with van der Waals surface area (Å²) in [4.78, 5) is 4.71. The summed E-state index contributed by atoms with van der Waals surface area (Å²) in [6.45, 7) is 0.290. The van der Waals surface area contributed by atoms with Gasteiger partial charge in [-0.15, -0.1) is 11.3 Å². The van der Waals surface area contributed by atoms with Gasteiger partial charge < -0.3 is 15.2 Å². The molecule has 0 aliphatic carbocycles. The number of hydrogen-bond acceptors (Lipinski definition) is 5. The second-order valence-corrected chi connectivity index (χ2v) is 6.06. The van der Waals surface area contributed by atoms with Crippen LogP contribution in [0.4, 0.5) is 5.69 Å². The van der Waals surface area contributed by atoms with Gasteiger partial charge in [-0.05, 0) is 35.9 Å². The fourth-order valence-electron chi connectivity index (χ4n) is 2.39. The molecule has 4 nitrogen and oxygen atoms in total. The van der Waals surface area contributed by atoms with Gasteiger partial charge in [-0.1, -0.05) is 12.1 Å². The van der Waals surface area contributed by atoms with Gasteiger partial charge in [-0.3, -0.25) is 0 Å². The first-order valence-electron chi connectivity index (χ1n) is 6.97. The van der Waals surface area contributed by atoms with Crippen molar-refractivity contribution in [3.8, 4) is 22.8 Å². The number of nitrogen functional groups attached to an aromatic ring is 1. The van der Waals surface area contributed by atoms with Crippen molar-refractivity contribution in [3.05, 3.63) is 58.4 Å². The third kappa shape index (κ3) is 2.51. The van der Waals surface area contributed by atoms with E-state index in [1.165, 1.54) is 5.56 Å². The van der Waals surface area contributed by atoms with E-state index in [4.69, 9.17) is 20.2 Å². The monoisotopic (exact) mass is 310 g/mol. The lowest BCUT2D eigenvalue weighted by atomic mass is 10.1. The number of hydrogen-bond donors (Lipinski definition) is 1. The summed E-state index contributed by atoms with van der Waals surface area (Å²) < 4.78 is 10.7. The van der Waals surface area contributed by atoms with E-state index >= 15 is 0 Å². The first kappa shape index (κ1) is 13.2. The molecule has 2 aromatic carbocycles. The smallest absolute Gasteiger partial charge is 0.231 e. The lowest BCUT2D eigenvalue weighted by Gasteiger charge is -2.00. The van der Waals surface area contributed by atoms with E-state index in [2.05, 4.69) is 5.38 Å². The Morgan fingerprint density at radius 3 is 2.73 bits per heavy atom. The highest BCUT2D eigenvalue weighted by molar-refractivity contribution is 7.10. The van der Waals surface area contributed by atoms with Crippen molar-refractivity contribution in [2.75, 3.05) is 12.5 Å². The highest BCUT2D eigenvalue weighted by Gasteiger charge is 2.15. The molecule has 0 radical (unpaired) electrons. The average Bonchev–Trinajstić information content (AvgIpc) is 3.17. The number of ether oxygens (including phenoxy) is 2. The summed E-state index contributed by atoms with van der Waals surface area (Å²) in [5, 5.41) is 3.15. The molecule has 0 saturated carbocycles. The molecule has 0 amide bonds. The van der Waals surface area contributed by atoms with Gasteiger partial charge in [0.2, 0.25) is 6.79 Å². The molecule has 2 N–H and O–H groups in total. The van der Waals surface area contributed by atoms with Gasteiger partial charge in [-0.25, -0.2) is 4.98 Å². The molecule has 110 valence electrons. The Hall–Kier alpha value is -2.53. The van der Waals surface area contributed by atoms with Crippen LogP contribution in [0.2, 0.25) is 0 Å². The van der Waals surface area contributed by atoms with Gasteiger partial charge >= 0.3 is 0 Å². The van der Waals surface area contributed by atoms with Crippen molar-refractivity contribution < 1.29 is 9.47 Å². The molecule has 0 spiro atoms. The van der Waals surface area contributed by atoms with Gasteiger partial charge in [0.1, 0.15) is 0 Å². The Morgan fingerprint density at radius 2 is 1.86 bits per heavy atom. The van der Waals surface area contributed by atoms with Crippen molar-refractivity contribution in [2.24, 2.45) is 0 Å². The van der Waals surface area contributed by atoms with Crippen molar-refractivity contribution in [1.29, 1.82) is 0 Å². The number of nitrogens with zero attached hydrogens (tertiary/aromatic N) is 1. The van der Waals surface area contributed by atoms with Gasteiger partial charge in [0.25, 0.3) is 0 Å². The van der Waals surface area contributed by atoms with E-state index in [0.717, 1.165) is 39.9 Å². The Balaban J connectivity index is 1.57.